The van der Waals surface area contributed by atoms with Gasteiger partial charge in [0.05, 0.1) is 28.1 Å². The molecule has 216 valence electrons. The van der Waals surface area contributed by atoms with E-state index in [1.807, 2.05) is 36.4 Å². The molecular weight excluding hydrogens is 560 g/mol. The van der Waals surface area contributed by atoms with Gasteiger partial charge in [-0.15, -0.1) is 0 Å². The van der Waals surface area contributed by atoms with Gasteiger partial charge in [0.15, 0.2) is 5.82 Å². The molecule has 0 radical (unpaired) electrons. The van der Waals surface area contributed by atoms with E-state index >= 15 is 0 Å². The van der Waals surface area contributed by atoms with E-state index in [0.29, 0.717) is 5.82 Å². The normalized spacial score (nSPS) is 13.0. The first-order valence-corrected chi connectivity index (χ1v) is 15.5. The third-order valence-electron chi connectivity index (χ3n) is 9.08. The summed E-state index contributed by atoms with van der Waals surface area (Å²) in [7, 11) is 0. The van der Waals surface area contributed by atoms with Gasteiger partial charge in [-0.25, -0.2) is 15.0 Å². The van der Waals surface area contributed by atoms with Crippen molar-refractivity contribution in [2.75, 3.05) is 0 Å². The van der Waals surface area contributed by atoms with Crippen LogP contribution in [-0.2, 0) is 5.41 Å². The van der Waals surface area contributed by atoms with Crippen molar-refractivity contribution < 1.29 is 0 Å². The maximum absolute atomic E-state index is 5.48. The second-order valence-electron chi connectivity index (χ2n) is 11.7. The number of fused-ring (bicyclic) bond motifs is 5. The zero-order chi connectivity index (χ0) is 30.5. The highest BCUT2D eigenvalue weighted by Gasteiger charge is 2.48. The Balaban J connectivity index is 1.28. The second kappa shape index (κ2) is 10.5. The van der Waals surface area contributed by atoms with Crippen molar-refractivity contribution in [2.45, 2.75) is 5.41 Å². The highest BCUT2D eigenvalue weighted by atomic mass is 15.1. The maximum Gasteiger partial charge on any atom is 0.160 e. The zero-order valence-corrected chi connectivity index (χ0v) is 25.0. The minimum Gasteiger partial charge on any atom is -0.295 e. The molecule has 46 heavy (non-hydrogen) atoms. The molecule has 0 amide bonds. The third-order valence-corrected chi connectivity index (χ3v) is 9.08. The Hall–Kier alpha value is -6.13. The van der Waals surface area contributed by atoms with Crippen LogP contribution >= 0.6 is 0 Å². The molecule has 8 aromatic rings. The molecule has 0 spiro atoms. The quantitative estimate of drug-likeness (QED) is 0.201. The molecule has 1 aliphatic rings. The fourth-order valence-corrected chi connectivity index (χ4v) is 7.02. The summed E-state index contributed by atoms with van der Waals surface area (Å²) in [5, 5.41) is 0. The van der Waals surface area contributed by atoms with Gasteiger partial charge in [0.25, 0.3) is 0 Å². The van der Waals surface area contributed by atoms with Crippen LogP contribution in [0.15, 0.2) is 170 Å². The Labute approximate surface area is 267 Å². The lowest BCUT2D eigenvalue weighted by Crippen LogP contribution is -2.29. The largest absolute Gasteiger partial charge is 0.295 e. The van der Waals surface area contributed by atoms with E-state index in [4.69, 9.17) is 15.0 Å². The maximum atomic E-state index is 5.48. The Morgan fingerprint density at radius 1 is 0.435 bits per heavy atom. The zero-order valence-electron chi connectivity index (χ0n) is 25.0. The highest BCUT2D eigenvalue weighted by Crippen LogP contribution is 2.52. The molecule has 2 aromatic heterocycles. The van der Waals surface area contributed by atoms with Crippen LogP contribution in [0.3, 0.4) is 0 Å². The van der Waals surface area contributed by atoms with Crippen LogP contribution < -0.4 is 0 Å². The summed E-state index contributed by atoms with van der Waals surface area (Å²) in [4.78, 5) is 15.5. The molecule has 0 unspecified atom stereocenters. The van der Waals surface area contributed by atoms with Crippen molar-refractivity contribution in [3.05, 3.63) is 192 Å². The van der Waals surface area contributed by atoms with Gasteiger partial charge >= 0.3 is 0 Å². The van der Waals surface area contributed by atoms with Crippen LogP contribution in [0.5, 0.6) is 0 Å². The topological polar surface area (TPSA) is 43.6 Å². The predicted octanol–water partition coefficient (Wildman–Crippen LogP) is 9.51. The van der Waals surface area contributed by atoms with Gasteiger partial charge in [0, 0.05) is 16.7 Å². The molecule has 0 saturated carbocycles. The first kappa shape index (κ1) is 26.3. The van der Waals surface area contributed by atoms with Crippen LogP contribution in [0.2, 0.25) is 0 Å². The van der Waals surface area contributed by atoms with E-state index < -0.39 is 5.41 Å². The summed E-state index contributed by atoms with van der Waals surface area (Å²) in [6.07, 6.45) is 0. The van der Waals surface area contributed by atoms with Gasteiger partial charge in [0.1, 0.15) is 11.2 Å². The number of para-hydroxylation sites is 1. The summed E-state index contributed by atoms with van der Waals surface area (Å²) in [6.45, 7) is 0. The summed E-state index contributed by atoms with van der Waals surface area (Å²) in [5.41, 5.74) is 11.0. The van der Waals surface area contributed by atoms with Crippen molar-refractivity contribution in [3.8, 4) is 39.6 Å². The monoisotopic (exact) mass is 588 g/mol. The standard InChI is InChI=1S/C42H28N4/c1-5-15-29(16-6-1)35-28-36(44-40(43-35)30-17-7-2-8-18-30)31-25-26-39-37(27-31)45-41-42(32-19-9-3-10-20-32,33-21-11-4-12-22-33)34-23-13-14-24-38(34)46(39)41/h1-28H. The van der Waals surface area contributed by atoms with Crippen LogP contribution in [0.4, 0.5) is 0 Å². The van der Waals surface area contributed by atoms with Gasteiger partial charge in [-0.05, 0) is 41.0 Å². The first-order valence-electron chi connectivity index (χ1n) is 15.5. The molecule has 0 aliphatic carbocycles. The predicted molar refractivity (Wildman–Crippen MR) is 185 cm³/mol. The molecular formula is C42H28N4. The van der Waals surface area contributed by atoms with Crippen LogP contribution in [0, 0.1) is 0 Å². The lowest BCUT2D eigenvalue weighted by atomic mass is 9.70. The molecule has 0 atom stereocenters. The lowest BCUT2D eigenvalue weighted by Gasteiger charge is -2.30. The summed E-state index contributed by atoms with van der Waals surface area (Å²) >= 11 is 0. The number of hydrogen-bond donors (Lipinski definition) is 0. The molecule has 1 aliphatic heterocycles. The van der Waals surface area contributed by atoms with Gasteiger partial charge < -0.3 is 0 Å². The Morgan fingerprint density at radius 2 is 0.978 bits per heavy atom. The van der Waals surface area contributed by atoms with E-state index in [2.05, 4.69) is 138 Å². The minimum atomic E-state index is -0.561. The van der Waals surface area contributed by atoms with E-state index in [1.54, 1.807) is 0 Å². The molecule has 0 bridgehead atoms. The molecule has 0 N–H and O–H groups in total. The highest BCUT2D eigenvalue weighted by molar-refractivity contribution is 5.87. The smallest absolute Gasteiger partial charge is 0.160 e. The number of benzene rings is 6. The fourth-order valence-electron chi connectivity index (χ4n) is 7.02. The van der Waals surface area contributed by atoms with Crippen molar-refractivity contribution in [2.24, 2.45) is 0 Å². The van der Waals surface area contributed by atoms with Crippen molar-refractivity contribution in [1.29, 1.82) is 0 Å². The fraction of sp³-hybridized carbons (Fsp3) is 0.0238. The van der Waals surface area contributed by atoms with Gasteiger partial charge in [-0.2, -0.15) is 0 Å². The third kappa shape index (κ3) is 3.97. The number of hydrogen-bond acceptors (Lipinski definition) is 3. The molecule has 4 heteroatoms. The van der Waals surface area contributed by atoms with E-state index in [9.17, 15) is 0 Å². The SMILES string of the molecule is c1ccc(-c2cc(-c3ccc4c(c3)nc3n4-c4ccccc4C3(c3ccccc3)c3ccccc3)nc(-c3ccccc3)n2)cc1. The number of rotatable bonds is 5. The van der Waals surface area contributed by atoms with Gasteiger partial charge in [-0.3, -0.25) is 4.57 Å². The number of nitrogens with zero attached hydrogens (tertiary/aromatic N) is 4. The van der Waals surface area contributed by atoms with Gasteiger partial charge in [-0.1, -0.05) is 146 Å². The van der Waals surface area contributed by atoms with Gasteiger partial charge in [0.2, 0.25) is 0 Å². The van der Waals surface area contributed by atoms with Crippen LogP contribution in [0.1, 0.15) is 22.5 Å². The molecule has 6 aromatic carbocycles. The average molecular weight is 589 g/mol. The van der Waals surface area contributed by atoms with Crippen molar-refractivity contribution in [1.82, 2.24) is 19.5 Å². The van der Waals surface area contributed by atoms with Crippen molar-refractivity contribution >= 4 is 11.0 Å². The number of imidazole rings is 1. The summed E-state index contributed by atoms with van der Waals surface area (Å²) < 4.78 is 2.35. The van der Waals surface area contributed by atoms with Crippen molar-refractivity contribution in [3.63, 3.8) is 0 Å². The molecule has 3 heterocycles. The van der Waals surface area contributed by atoms with E-state index in [1.165, 1.54) is 16.7 Å². The molecule has 9 rings (SSSR count). The average Bonchev–Trinajstić information content (AvgIpc) is 3.66. The minimum absolute atomic E-state index is 0.561. The molecule has 0 fully saturated rings. The second-order valence-corrected chi connectivity index (χ2v) is 11.7. The Bertz CT molecular complexity index is 2250. The Morgan fingerprint density at radius 3 is 1.63 bits per heavy atom. The number of aromatic nitrogens is 4. The molecule has 0 saturated heterocycles. The molecule has 4 nitrogen and oxygen atoms in total. The lowest BCUT2D eigenvalue weighted by molar-refractivity contribution is 0.718. The van der Waals surface area contributed by atoms with E-state index in [-0.39, 0.29) is 0 Å². The van der Waals surface area contributed by atoms with Crippen LogP contribution in [-0.4, -0.2) is 19.5 Å². The van der Waals surface area contributed by atoms with Crippen LogP contribution in [0.25, 0.3) is 50.6 Å². The van der Waals surface area contributed by atoms with E-state index in [0.717, 1.165) is 50.6 Å². The first-order chi connectivity index (χ1) is 22.8. The summed E-state index contributed by atoms with van der Waals surface area (Å²) in [5.74, 6) is 1.70. The summed E-state index contributed by atoms with van der Waals surface area (Å²) in [6, 6.07) is 59.3. The Kier molecular flexibility index (Phi) is 6.00.